The second-order valence-corrected chi connectivity index (χ2v) is 7.24. The zero-order valence-corrected chi connectivity index (χ0v) is 13.7. The molecule has 0 spiro atoms. The van der Waals surface area contributed by atoms with Crippen molar-refractivity contribution in [1.82, 2.24) is 25.0 Å². The normalized spacial score (nSPS) is 24.7. The van der Waals surface area contributed by atoms with Gasteiger partial charge >= 0.3 is 0 Å². The van der Waals surface area contributed by atoms with Crippen LogP contribution in [0, 0.1) is 11.8 Å². The topological polar surface area (TPSA) is 93.3 Å². The Morgan fingerprint density at radius 1 is 1.16 bits per heavy atom. The fraction of sp³-hybridized carbons (Fsp3) is 0.529. The standard InChI is InChI=1S/C17H19N5O3/c23-16(18-13-1-2-13)15-20-19-14-5-11-6-21(7-12(11)8-22(14)15)17(24)10-3-4-25-9-10/h3-4,9,11-13H,1-2,5-8H2,(H,18,23)/t11-,12-/m0/s1. The van der Waals surface area contributed by atoms with Crippen LogP contribution in [0.2, 0.25) is 0 Å². The Morgan fingerprint density at radius 2 is 2.00 bits per heavy atom. The second-order valence-electron chi connectivity index (χ2n) is 7.24. The van der Waals surface area contributed by atoms with E-state index in [4.69, 9.17) is 4.42 Å². The van der Waals surface area contributed by atoms with Crippen molar-refractivity contribution in [2.24, 2.45) is 11.8 Å². The lowest BCUT2D eigenvalue weighted by Crippen LogP contribution is -2.33. The van der Waals surface area contributed by atoms with E-state index in [2.05, 4.69) is 15.5 Å². The first kappa shape index (κ1) is 14.7. The van der Waals surface area contributed by atoms with Crippen LogP contribution in [0.1, 0.15) is 39.6 Å². The van der Waals surface area contributed by atoms with Gasteiger partial charge in [-0.1, -0.05) is 0 Å². The summed E-state index contributed by atoms with van der Waals surface area (Å²) < 4.78 is 6.95. The molecule has 2 fully saturated rings. The minimum Gasteiger partial charge on any atom is -0.472 e. The molecule has 2 atom stereocenters. The van der Waals surface area contributed by atoms with E-state index in [0.29, 0.717) is 48.9 Å². The Hall–Kier alpha value is -2.64. The molecular weight excluding hydrogens is 322 g/mol. The highest BCUT2D eigenvalue weighted by Gasteiger charge is 2.41. The van der Waals surface area contributed by atoms with Crippen molar-refractivity contribution < 1.29 is 14.0 Å². The highest BCUT2D eigenvalue weighted by Crippen LogP contribution is 2.33. The minimum absolute atomic E-state index is 0.00520. The first-order valence-electron chi connectivity index (χ1n) is 8.73. The number of hydrogen-bond donors (Lipinski definition) is 1. The smallest absolute Gasteiger partial charge is 0.289 e. The van der Waals surface area contributed by atoms with Crippen molar-refractivity contribution in [2.45, 2.75) is 31.8 Å². The first-order valence-corrected chi connectivity index (χ1v) is 8.73. The molecule has 130 valence electrons. The third-order valence-electron chi connectivity index (χ3n) is 5.44. The van der Waals surface area contributed by atoms with Crippen molar-refractivity contribution in [3.05, 3.63) is 35.8 Å². The summed E-state index contributed by atoms with van der Waals surface area (Å²) in [4.78, 5) is 26.8. The molecule has 1 saturated carbocycles. The van der Waals surface area contributed by atoms with Gasteiger partial charge in [0.05, 0.1) is 11.8 Å². The summed E-state index contributed by atoms with van der Waals surface area (Å²) in [6.45, 7) is 2.09. The van der Waals surface area contributed by atoms with Gasteiger partial charge in [-0.25, -0.2) is 0 Å². The lowest BCUT2D eigenvalue weighted by atomic mass is 9.89. The summed E-state index contributed by atoms with van der Waals surface area (Å²) in [7, 11) is 0. The molecule has 3 aliphatic rings. The van der Waals surface area contributed by atoms with Crippen LogP contribution in [-0.4, -0.2) is 50.6 Å². The maximum Gasteiger partial charge on any atom is 0.289 e. The molecule has 2 aromatic rings. The highest BCUT2D eigenvalue weighted by atomic mass is 16.3. The maximum atomic E-state index is 12.5. The number of amides is 2. The van der Waals surface area contributed by atoms with E-state index in [-0.39, 0.29) is 11.8 Å². The van der Waals surface area contributed by atoms with Crippen LogP contribution < -0.4 is 5.32 Å². The van der Waals surface area contributed by atoms with Crippen LogP contribution in [0.5, 0.6) is 0 Å². The summed E-state index contributed by atoms with van der Waals surface area (Å²) in [6.07, 6.45) is 5.84. The van der Waals surface area contributed by atoms with Crippen LogP contribution in [0.25, 0.3) is 0 Å². The Labute approximate surface area is 144 Å². The largest absolute Gasteiger partial charge is 0.472 e. The Bertz CT molecular complexity index is 823. The minimum atomic E-state index is -0.135. The zero-order chi connectivity index (χ0) is 17.0. The van der Waals surface area contributed by atoms with Crippen LogP contribution in [0.4, 0.5) is 0 Å². The molecule has 1 saturated heterocycles. The average Bonchev–Trinajstić information content (AvgIpc) is 3.06. The van der Waals surface area contributed by atoms with Crippen molar-refractivity contribution in [3.8, 4) is 0 Å². The number of carbonyl (C=O) groups is 2. The zero-order valence-electron chi connectivity index (χ0n) is 13.7. The molecule has 0 aromatic carbocycles. The number of fused-ring (bicyclic) bond motifs is 2. The van der Waals surface area contributed by atoms with Gasteiger partial charge in [-0.05, 0) is 30.7 Å². The fourth-order valence-corrected chi connectivity index (χ4v) is 3.90. The van der Waals surface area contributed by atoms with Gasteiger partial charge in [0, 0.05) is 32.1 Å². The Morgan fingerprint density at radius 3 is 2.76 bits per heavy atom. The van der Waals surface area contributed by atoms with Gasteiger partial charge in [-0.3, -0.25) is 9.59 Å². The Balaban J connectivity index is 1.32. The van der Waals surface area contributed by atoms with Gasteiger partial charge in [0.2, 0.25) is 5.82 Å². The van der Waals surface area contributed by atoms with E-state index in [1.165, 1.54) is 12.5 Å². The number of nitrogens with one attached hydrogen (secondary N) is 1. The number of rotatable bonds is 3. The number of nitrogens with zero attached hydrogens (tertiary/aromatic N) is 4. The predicted octanol–water partition coefficient (Wildman–Crippen LogP) is 0.708. The van der Waals surface area contributed by atoms with Crippen molar-refractivity contribution in [3.63, 3.8) is 0 Å². The molecule has 2 aliphatic heterocycles. The van der Waals surface area contributed by atoms with E-state index >= 15 is 0 Å². The molecule has 1 N–H and O–H groups in total. The lowest BCUT2D eigenvalue weighted by molar-refractivity contribution is 0.0782. The fourth-order valence-electron chi connectivity index (χ4n) is 3.90. The monoisotopic (exact) mass is 341 g/mol. The van der Waals surface area contributed by atoms with Gasteiger partial charge in [-0.2, -0.15) is 0 Å². The molecule has 2 amide bonds. The van der Waals surface area contributed by atoms with Gasteiger partial charge < -0.3 is 19.2 Å². The summed E-state index contributed by atoms with van der Waals surface area (Å²) in [5.74, 6) is 1.81. The molecule has 1 aliphatic carbocycles. The van der Waals surface area contributed by atoms with Crippen molar-refractivity contribution >= 4 is 11.8 Å². The molecule has 0 bridgehead atoms. The molecule has 8 nitrogen and oxygen atoms in total. The maximum absolute atomic E-state index is 12.5. The lowest BCUT2D eigenvalue weighted by Gasteiger charge is -2.25. The van der Waals surface area contributed by atoms with Crippen molar-refractivity contribution in [2.75, 3.05) is 13.1 Å². The summed E-state index contributed by atoms with van der Waals surface area (Å²) in [5.41, 5.74) is 0.586. The summed E-state index contributed by atoms with van der Waals surface area (Å²) >= 11 is 0. The van der Waals surface area contributed by atoms with E-state index in [9.17, 15) is 9.59 Å². The van der Waals surface area contributed by atoms with E-state index in [1.54, 1.807) is 6.07 Å². The molecule has 4 heterocycles. The van der Waals surface area contributed by atoms with Crippen LogP contribution in [0.3, 0.4) is 0 Å². The number of aromatic nitrogens is 3. The highest BCUT2D eigenvalue weighted by molar-refractivity contribution is 5.94. The molecule has 5 rings (SSSR count). The number of carbonyl (C=O) groups excluding carboxylic acids is 2. The third-order valence-corrected chi connectivity index (χ3v) is 5.44. The average molecular weight is 341 g/mol. The van der Waals surface area contributed by atoms with Crippen LogP contribution in [-0.2, 0) is 13.0 Å². The molecule has 2 aromatic heterocycles. The molecule has 0 unspecified atom stereocenters. The van der Waals surface area contributed by atoms with Gasteiger partial charge in [-0.15, -0.1) is 10.2 Å². The van der Waals surface area contributed by atoms with E-state index in [1.807, 2.05) is 9.47 Å². The summed E-state index contributed by atoms with van der Waals surface area (Å²) in [5, 5.41) is 11.3. The van der Waals surface area contributed by atoms with E-state index in [0.717, 1.165) is 25.1 Å². The SMILES string of the molecule is O=C(NC1CC1)c1nnc2n1C[C@@H]1CN(C(=O)c3ccoc3)C[C@@H]1C2. The molecule has 25 heavy (non-hydrogen) atoms. The number of likely N-dealkylation sites (tertiary alicyclic amines) is 1. The van der Waals surface area contributed by atoms with Crippen LogP contribution in [0.15, 0.2) is 23.0 Å². The van der Waals surface area contributed by atoms with Gasteiger partial charge in [0.15, 0.2) is 0 Å². The molecular formula is C17H19N5O3. The van der Waals surface area contributed by atoms with Crippen LogP contribution >= 0.6 is 0 Å². The van der Waals surface area contributed by atoms with Gasteiger partial charge in [0.25, 0.3) is 11.8 Å². The summed E-state index contributed by atoms with van der Waals surface area (Å²) in [6, 6.07) is 1.99. The molecule has 8 heteroatoms. The van der Waals surface area contributed by atoms with Gasteiger partial charge in [0.1, 0.15) is 12.1 Å². The second kappa shape index (κ2) is 5.44. The van der Waals surface area contributed by atoms with E-state index < -0.39 is 0 Å². The quantitative estimate of drug-likeness (QED) is 0.887. The number of furan rings is 1. The third kappa shape index (κ3) is 2.52. The Kier molecular flexibility index (Phi) is 3.19. The van der Waals surface area contributed by atoms with Crippen molar-refractivity contribution in [1.29, 1.82) is 0 Å². The molecule has 0 radical (unpaired) electrons. The number of hydrogen-bond acceptors (Lipinski definition) is 5. The predicted molar refractivity (Wildman–Crippen MR) is 85.8 cm³/mol. The first-order chi connectivity index (χ1) is 12.2.